The van der Waals surface area contributed by atoms with E-state index in [2.05, 4.69) is 26.7 Å². The molecule has 1 saturated heterocycles. The summed E-state index contributed by atoms with van der Waals surface area (Å²) in [7, 11) is 3.44. The molecule has 12 nitrogen and oxygen atoms in total. The number of nitrogens with zero attached hydrogens (tertiary/aromatic N) is 6. The highest BCUT2D eigenvalue weighted by Gasteiger charge is 2.28. The molecule has 0 radical (unpaired) electrons. The molecule has 37 heavy (non-hydrogen) atoms. The van der Waals surface area contributed by atoms with Crippen molar-refractivity contribution < 1.29 is 19.1 Å². The third-order valence-electron chi connectivity index (χ3n) is 6.47. The minimum absolute atomic E-state index is 0.00740. The number of likely N-dealkylation sites (N-methyl/N-ethyl adjacent to an activating group) is 1. The second kappa shape index (κ2) is 11.3. The standard InChI is InChI=1S/C25H30N8O4/c1-16(37-3)28-20-10-22(27-12-19(20)11-26)30-25(36)33-6-4-5-17-9-18(21(15-34)29-24(17)33)13-32-8-7-31(2)14-23(32)35/h9-10,12,15-16H,4-8,13-14H2,1-3H3,(H2,27,28,30,36). The van der Waals surface area contributed by atoms with Gasteiger partial charge in [0.15, 0.2) is 6.29 Å². The number of aldehydes is 1. The van der Waals surface area contributed by atoms with Gasteiger partial charge in [0.05, 0.1) is 17.8 Å². The Bertz CT molecular complexity index is 1240. The molecular formula is C25H30N8O4. The summed E-state index contributed by atoms with van der Waals surface area (Å²) in [6.07, 6.45) is 3.10. The van der Waals surface area contributed by atoms with Crippen molar-refractivity contribution in [2.24, 2.45) is 0 Å². The number of aryl methyl sites for hydroxylation is 1. The SMILES string of the molecule is COC(C)Nc1cc(NC(=O)N2CCCc3cc(CN4CCN(C)CC4=O)c(C=O)nc32)ncc1C#N. The Morgan fingerprint density at radius 3 is 2.84 bits per heavy atom. The topological polar surface area (TPSA) is 144 Å². The molecule has 1 unspecified atom stereocenters. The van der Waals surface area contributed by atoms with Crippen LogP contribution in [0.1, 0.15) is 40.5 Å². The number of aromatic nitrogens is 2. The van der Waals surface area contributed by atoms with Gasteiger partial charge in [0.25, 0.3) is 0 Å². The lowest BCUT2D eigenvalue weighted by atomic mass is 10.0. The molecule has 1 atom stereocenters. The lowest BCUT2D eigenvalue weighted by Gasteiger charge is -2.33. The average molecular weight is 507 g/mol. The lowest BCUT2D eigenvalue weighted by Crippen LogP contribution is -2.48. The van der Waals surface area contributed by atoms with Crippen LogP contribution in [-0.4, -0.2) is 84.6 Å². The summed E-state index contributed by atoms with van der Waals surface area (Å²) in [6.45, 7) is 4.19. The first-order valence-electron chi connectivity index (χ1n) is 12.0. The highest BCUT2D eigenvalue weighted by molar-refractivity contribution is 6.02. The zero-order chi connectivity index (χ0) is 26.5. The van der Waals surface area contributed by atoms with E-state index in [0.29, 0.717) is 67.9 Å². The number of rotatable bonds is 7. The van der Waals surface area contributed by atoms with Crippen LogP contribution >= 0.6 is 0 Å². The number of amides is 3. The van der Waals surface area contributed by atoms with E-state index in [-0.39, 0.29) is 23.6 Å². The van der Waals surface area contributed by atoms with E-state index >= 15 is 0 Å². The van der Waals surface area contributed by atoms with Gasteiger partial charge in [-0.25, -0.2) is 14.8 Å². The Kier molecular flexibility index (Phi) is 7.95. The van der Waals surface area contributed by atoms with E-state index in [1.165, 1.54) is 18.2 Å². The highest BCUT2D eigenvalue weighted by atomic mass is 16.5. The number of nitrogens with one attached hydrogen (secondary N) is 2. The molecule has 4 heterocycles. The zero-order valence-corrected chi connectivity index (χ0v) is 21.2. The summed E-state index contributed by atoms with van der Waals surface area (Å²) in [6, 6.07) is 5.06. The first-order valence-corrected chi connectivity index (χ1v) is 12.0. The van der Waals surface area contributed by atoms with Crippen LogP contribution < -0.4 is 15.5 Å². The average Bonchev–Trinajstić information content (AvgIpc) is 2.89. The lowest BCUT2D eigenvalue weighted by molar-refractivity contribution is -0.136. The molecule has 4 rings (SSSR count). The molecule has 1 fully saturated rings. The minimum atomic E-state index is -0.449. The predicted molar refractivity (Wildman–Crippen MR) is 136 cm³/mol. The maximum atomic E-state index is 13.2. The van der Waals surface area contributed by atoms with Crippen molar-refractivity contribution >= 4 is 35.5 Å². The van der Waals surface area contributed by atoms with Crippen LogP contribution in [0.5, 0.6) is 0 Å². The van der Waals surface area contributed by atoms with Crippen molar-refractivity contribution in [3.8, 4) is 6.07 Å². The summed E-state index contributed by atoms with van der Waals surface area (Å²) in [5.74, 6) is 0.676. The van der Waals surface area contributed by atoms with Gasteiger partial charge in [0.2, 0.25) is 5.91 Å². The largest absolute Gasteiger partial charge is 0.362 e. The number of methoxy groups -OCH3 is 1. The number of urea groups is 1. The second-order valence-electron chi connectivity index (χ2n) is 9.12. The van der Waals surface area contributed by atoms with Crippen LogP contribution in [0.4, 0.5) is 22.1 Å². The van der Waals surface area contributed by atoms with Crippen molar-refractivity contribution in [2.75, 3.05) is 55.9 Å². The Morgan fingerprint density at radius 2 is 2.14 bits per heavy atom. The number of fused-ring (bicyclic) bond motifs is 1. The van der Waals surface area contributed by atoms with Crippen molar-refractivity contribution in [1.29, 1.82) is 5.26 Å². The quantitative estimate of drug-likeness (QED) is 0.424. The molecule has 12 heteroatoms. The highest BCUT2D eigenvalue weighted by Crippen LogP contribution is 2.29. The van der Waals surface area contributed by atoms with Crippen LogP contribution in [0.25, 0.3) is 0 Å². The molecule has 3 amide bonds. The summed E-state index contributed by atoms with van der Waals surface area (Å²) < 4.78 is 5.20. The number of hydrogen-bond acceptors (Lipinski definition) is 9. The Morgan fingerprint density at radius 1 is 1.32 bits per heavy atom. The van der Waals surface area contributed by atoms with Crippen LogP contribution in [0.2, 0.25) is 0 Å². The fourth-order valence-corrected chi connectivity index (χ4v) is 4.37. The van der Waals surface area contributed by atoms with Gasteiger partial charge in [-0.05, 0) is 38.4 Å². The van der Waals surface area contributed by atoms with E-state index in [1.54, 1.807) is 17.9 Å². The summed E-state index contributed by atoms with van der Waals surface area (Å²) in [4.78, 5) is 51.5. The normalized spacial score (nSPS) is 16.5. The van der Waals surface area contributed by atoms with E-state index in [9.17, 15) is 19.6 Å². The number of hydrogen-bond donors (Lipinski definition) is 2. The number of carbonyl (C=O) groups excluding carboxylic acids is 3. The summed E-state index contributed by atoms with van der Waals surface area (Å²) in [5.41, 5.74) is 2.51. The molecule has 0 aromatic carbocycles. The fraction of sp³-hybridized carbons (Fsp3) is 0.440. The van der Waals surface area contributed by atoms with Crippen LogP contribution in [0, 0.1) is 11.3 Å². The molecule has 2 aromatic rings. The Hall–Kier alpha value is -4.08. The van der Waals surface area contributed by atoms with Gasteiger partial charge in [-0.1, -0.05) is 0 Å². The monoisotopic (exact) mass is 506 g/mol. The minimum Gasteiger partial charge on any atom is -0.362 e. The molecule has 194 valence electrons. The van der Waals surface area contributed by atoms with Gasteiger partial charge in [-0.2, -0.15) is 5.26 Å². The second-order valence-corrected chi connectivity index (χ2v) is 9.12. The fourth-order valence-electron chi connectivity index (χ4n) is 4.37. The number of nitriles is 1. The van der Waals surface area contributed by atoms with Gasteiger partial charge in [0, 0.05) is 51.1 Å². The maximum Gasteiger partial charge on any atom is 0.328 e. The van der Waals surface area contributed by atoms with E-state index in [0.717, 1.165) is 12.1 Å². The van der Waals surface area contributed by atoms with Gasteiger partial charge in [-0.15, -0.1) is 0 Å². The van der Waals surface area contributed by atoms with Crippen LogP contribution in [0.3, 0.4) is 0 Å². The Labute approximate surface area is 215 Å². The molecule has 0 aliphatic carbocycles. The first kappa shape index (κ1) is 26.0. The number of ether oxygens (including phenoxy) is 1. The van der Waals surface area contributed by atoms with E-state index in [4.69, 9.17) is 4.74 Å². The third kappa shape index (κ3) is 5.84. The molecule has 2 aliphatic heterocycles. The molecule has 2 aliphatic rings. The first-order chi connectivity index (χ1) is 17.8. The smallest absolute Gasteiger partial charge is 0.328 e. The van der Waals surface area contributed by atoms with E-state index < -0.39 is 6.03 Å². The number of piperazine rings is 1. The number of pyridine rings is 2. The molecule has 2 N–H and O–H groups in total. The maximum absolute atomic E-state index is 13.2. The number of carbonyl (C=O) groups is 3. The van der Waals surface area contributed by atoms with E-state index in [1.807, 2.05) is 18.0 Å². The van der Waals surface area contributed by atoms with Gasteiger partial charge in [-0.3, -0.25) is 24.7 Å². The van der Waals surface area contributed by atoms with Gasteiger partial charge in [0.1, 0.15) is 29.6 Å². The van der Waals surface area contributed by atoms with Crippen molar-refractivity contribution in [1.82, 2.24) is 19.8 Å². The van der Waals surface area contributed by atoms with Crippen molar-refractivity contribution in [3.63, 3.8) is 0 Å². The summed E-state index contributed by atoms with van der Waals surface area (Å²) in [5, 5.41) is 15.2. The van der Waals surface area contributed by atoms with Crippen molar-refractivity contribution in [3.05, 3.63) is 40.7 Å². The molecule has 0 bridgehead atoms. The van der Waals surface area contributed by atoms with Crippen LogP contribution in [0.15, 0.2) is 18.3 Å². The molecule has 0 spiro atoms. The molecule has 0 saturated carbocycles. The summed E-state index contributed by atoms with van der Waals surface area (Å²) >= 11 is 0. The number of anilines is 3. The van der Waals surface area contributed by atoms with Crippen LogP contribution in [-0.2, 0) is 22.5 Å². The Balaban J connectivity index is 1.55. The van der Waals surface area contributed by atoms with Gasteiger partial charge >= 0.3 is 6.03 Å². The molecular weight excluding hydrogens is 476 g/mol. The zero-order valence-electron chi connectivity index (χ0n) is 21.2. The van der Waals surface area contributed by atoms with Gasteiger partial charge < -0.3 is 15.0 Å². The molecule has 2 aromatic heterocycles. The predicted octanol–water partition coefficient (Wildman–Crippen LogP) is 1.82. The third-order valence-corrected chi connectivity index (χ3v) is 6.47. The van der Waals surface area contributed by atoms with Crippen molar-refractivity contribution in [2.45, 2.75) is 32.5 Å².